The molecule has 1 amide bonds. The van der Waals surface area contributed by atoms with Gasteiger partial charge in [0.15, 0.2) is 0 Å². The zero-order valence-electron chi connectivity index (χ0n) is 5.14. The van der Waals surface area contributed by atoms with Crippen LogP contribution in [0.5, 0.6) is 0 Å². The lowest BCUT2D eigenvalue weighted by molar-refractivity contribution is -0.123. The summed E-state index contributed by atoms with van der Waals surface area (Å²) in [6.07, 6.45) is 1.28. The minimum atomic E-state index is -0.0556. The molecule has 0 unspecified atom stereocenters. The van der Waals surface area contributed by atoms with Gasteiger partial charge in [0.1, 0.15) is 0 Å². The highest BCUT2D eigenvalue weighted by atomic mass is 16.2. The molecule has 0 aliphatic rings. The van der Waals surface area contributed by atoms with E-state index in [-0.39, 0.29) is 11.4 Å². The first-order valence-corrected chi connectivity index (χ1v) is 2.02. The summed E-state index contributed by atoms with van der Waals surface area (Å²) in [6, 6.07) is 0. The predicted octanol–water partition coefficient (Wildman–Crippen LogP) is -0.564. The summed E-state index contributed by atoms with van der Waals surface area (Å²) in [4.78, 5) is 11.8. The molecule has 0 aromatic carbocycles. The van der Waals surface area contributed by atoms with Crippen LogP contribution in [0, 0.1) is 0 Å². The van der Waals surface area contributed by atoms with Gasteiger partial charge in [-0.1, -0.05) is 6.58 Å². The fourth-order valence-corrected chi connectivity index (χ4v) is 0.183. The highest BCUT2D eigenvalue weighted by Crippen LogP contribution is 1.74. The van der Waals surface area contributed by atoms with Gasteiger partial charge in [0, 0.05) is 14.1 Å². The molecule has 0 rings (SSSR count). The average molecular weight is 117 g/mol. The van der Waals surface area contributed by atoms with E-state index in [0.717, 1.165) is 0 Å². The van der Waals surface area contributed by atoms with Crippen LogP contribution in [0.15, 0.2) is 12.7 Å². The monoisotopic (exact) mass is 117 g/mol. The lowest BCUT2D eigenvalue weighted by atomic mass is 10.5. The molecule has 0 atom stereocenters. The van der Waals surface area contributed by atoms with E-state index in [1.165, 1.54) is 11.0 Å². The lowest BCUT2D eigenvalue weighted by Gasteiger charge is -2.03. The molecule has 0 bridgehead atoms. The van der Waals surface area contributed by atoms with E-state index in [1.807, 2.05) is 0 Å². The van der Waals surface area contributed by atoms with Crippen molar-refractivity contribution in [1.29, 1.82) is 0 Å². The maximum Gasteiger partial charge on any atom is 0.245 e. The zero-order valence-corrected chi connectivity index (χ0v) is 5.14. The van der Waals surface area contributed by atoms with Crippen LogP contribution in [-0.4, -0.2) is 30.4 Å². The van der Waals surface area contributed by atoms with Crippen molar-refractivity contribution in [2.75, 3.05) is 14.1 Å². The summed E-state index contributed by atoms with van der Waals surface area (Å²) in [5, 5.41) is 0. The summed E-state index contributed by atoms with van der Waals surface area (Å²) in [5.41, 5.74) is 0. The quantitative estimate of drug-likeness (QED) is 0.424. The van der Waals surface area contributed by atoms with Crippen LogP contribution < -0.4 is 0 Å². The fraction of sp³-hybridized carbons (Fsp3) is 0.400. The van der Waals surface area contributed by atoms with E-state index >= 15 is 0 Å². The van der Waals surface area contributed by atoms with E-state index in [4.69, 9.17) is 0 Å². The maximum atomic E-state index is 10.3. The Balaban J connectivity index is 0. The van der Waals surface area contributed by atoms with Gasteiger partial charge in [-0.15, -0.1) is 0 Å². The largest absolute Gasteiger partial charge is 0.412 e. The van der Waals surface area contributed by atoms with Crippen LogP contribution in [0.25, 0.3) is 0 Å². The van der Waals surface area contributed by atoms with E-state index < -0.39 is 0 Å². The number of rotatable bonds is 1. The predicted molar refractivity (Wildman–Crippen MR) is 32.5 cm³/mol. The number of carbonyl (C=O) groups is 1. The smallest absolute Gasteiger partial charge is 0.245 e. The van der Waals surface area contributed by atoms with E-state index in [9.17, 15) is 4.79 Å². The van der Waals surface area contributed by atoms with Crippen molar-refractivity contribution in [2.45, 2.75) is 0 Å². The Morgan fingerprint density at radius 1 is 1.62 bits per heavy atom. The topological polar surface area (TPSA) is 51.8 Å². The Morgan fingerprint density at radius 2 is 2.00 bits per heavy atom. The van der Waals surface area contributed by atoms with Gasteiger partial charge < -0.3 is 10.4 Å². The van der Waals surface area contributed by atoms with Gasteiger partial charge in [-0.2, -0.15) is 0 Å². The first-order valence-electron chi connectivity index (χ1n) is 2.02. The summed E-state index contributed by atoms with van der Waals surface area (Å²) in [6.45, 7) is 3.29. The second-order valence-corrected chi connectivity index (χ2v) is 1.44. The molecule has 0 aliphatic carbocycles. The lowest BCUT2D eigenvalue weighted by Crippen LogP contribution is -2.18. The number of hydrogen-bond acceptors (Lipinski definition) is 1. The van der Waals surface area contributed by atoms with Crippen molar-refractivity contribution in [3.05, 3.63) is 12.7 Å². The number of hydrogen-bond donors (Lipinski definition) is 0. The molecule has 0 spiro atoms. The highest BCUT2D eigenvalue weighted by molar-refractivity contribution is 5.86. The molecule has 8 heavy (non-hydrogen) atoms. The van der Waals surface area contributed by atoms with E-state index in [0.29, 0.717) is 0 Å². The summed E-state index contributed by atoms with van der Waals surface area (Å²) in [7, 11) is 3.37. The second-order valence-electron chi connectivity index (χ2n) is 1.44. The van der Waals surface area contributed by atoms with Crippen LogP contribution in [0.3, 0.4) is 0 Å². The Labute approximate surface area is 48.9 Å². The van der Waals surface area contributed by atoms with Crippen LogP contribution in [0.2, 0.25) is 0 Å². The fourth-order valence-electron chi connectivity index (χ4n) is 0.183. The molecule has 0 fully saturated rings. The zero-order chi connectivity index (χ0) is 5.86. The summed E-state index contributed by atoms with van der Waals surface area (Å²) in [5.74, 6) is -0.0556. The molecule has 3 nitrogen and oxygen atoms in total. The third kappa shape index (κ3) is 3.36. The molecule has 0 heterocycles. The Morgan fingerprint density at radius 3 is 2.00 bits per heavy atom. The molecule has 0 aromatic heterocycles. The summed E-state index contributed by atoms with van der Waals surface area (Å²) < 4.78 is 0. The van der Waals surface area contributed by atoms with Gasteiger partial charge in [0.2, 0.25) is 5.91 Å². The standard InChI is InChI=1S/C5H9NO.H2O/c1-4-5(7)6(2)3;/h4H,1H2,2-3H3;1H2. The Bertz CT molecular complexity index is 88.4. The third-order valence-electron chi connectivity index (χ3n) is 0.615. The molecule has 0 aromatic rings. The van der Waals surface area contributed by atoms with Gasteiger partial charge in [-0.25, -0.2) is 0 Å². The van der Waals surface area contributed by atoms with Gasteiger partial charge in [-0.3, -0.25) is 4.79 Å². The SMILES string of the molecule is C=CC(=O)N(C)C.O. The van der Waals surface area contributed by atoms with Crippen molar-refractivity contribution in [3.63, 3.8) is 0 Å². The number of amides is 1. The molecule has 0 saturated heterocycles. The number of carbonyl (C=O) groups excluding carboxylic acids is 1. The van der Waals surface area contributed by atoms with E-state index in [1.54, 1.807) is 14.1 Å². The Kier molecular flexibility index (Phi) is 5.53. The first-order chi connectivity index (χ1) is 3.18. The molecule has 48 valence electrons. The van der Waals surface area contributed by atoms with Gasteiger partial charge in [0.25, 0.3) is 0 Å². The van der Waals surface area contributed by atoms with Gasteiger partial charge in [0.05, 0.1) is 0 Å². The second kappa shape index (κ2) is 4.33. The van der Waals surface area contributed by atoms with Crippen molar-refractivity contribution in [3.8, 4) is 0 Å². The van der Waals surface area contributed by atoms with E-state index in [2.05, 4.69) is 6.58 Å². The minimum absolute atomic E-state index is 0. The third-order valence-corrected chi connectivity index (χ3v) is 0.615. The number of likely N-dealkylation sites (N-methyl/N-ethyl adjacent to an activating group) is 1. The maximum absolute atomic E-state index is 10.3. The first kappa shape index (κ1) is 10.2. The molecular weight excluding hydrogens is 106 g/mol. The molecule has 3 heteroatoms. The van der Waals surface area contributed by atoms with Crippen LogP contribution in [0.1, 0.15) is 0 Å². The Hall–Kier alpha value is -0.830. The molecule has 0 saturated carbocycles. The molecular formula is C5H11NO2. The molecule has 0 aliphatic heterocycles. The molecule has 2 N–H and O–H groups in total. The van der Waals surface area contributed by atoms with Crippen LogP contribution in [0.4, 0.5) is 0 Å². The summed E-state index contributed by atoms with van der Waals surface area (Å²) >= 11 is 0. The van der Waals surface area contributed by atoms with Gasteiger partial charge in [-0.05, 0) is 6.08 Å². The average Bonchev–Trinajstić information content (AvgIpc) is 1.65. The number of nitrogens with zero attached hydrogens (tertiary/aromatic N) is 1. The van der Waals surface area contributed by atoms with Crippen molar-refractivity contribution < 1.29 is 10.3 Å². The normalized spacial score (nSPS) is 6.75. The van der Waals surface area contributed by atoms with Crippen molar-refractivity contribution >= 4 is 5.91 Å². The highest BCUT2D eigenvalue weighted by Gasteiger charge is 1.91. The minimum Gasteiger partial charge on any atom is -0.412 e. The van der Waals surface area contributed by atoms with Gasteiger partial charge >= 0.3 is 0 Å². The van der Waals surface area contributed by atoms with Crippen molar-refractivity contribution in [1.82, 2.24) is 4.90 Å². The molecule has 0 radical (unpaired) electrons. The van der Waals surface area contributed by atoms with Crippen molar-refractivity contribution in [2.24, 2.45) is 0 Å². The van der Waals surface area contributed by atoms with Crippen LogP contribution in [-0.2, 0) is 4.79 Å². The van der Waals surface area contributed by atoms with Crippen LogP contribution >= 0.6 is 0 Å².